The molecule has 0 aliphatic heterocycles. The van der Waals surface area contributed by atoms with Crippen molar-refractivity contribution in [1.82, 2.24) is 0 Å². The first kappa shape index (κ1) is 10.4. The first-order valence-electron chi connectivity index (χ1n) is 6.30. The number of rotatable bonds is 2. The van der Waals surface area contributed by atoms with E-state index in [-0.39, 0.29) is 0 Å². The van der Waals surface area contributed by atoms with Gasteiger partial charge < -0.3 is 5.32 Å². The number of anilines is 1. The van der Waals surface area contributed by atoms with E-state index in [9.17, 15) is 0 Å². The molecule has 2 aromatic carbocycles. The second-order valence-electron chi connectivity index (χ2n) is 4.72. The van der Waals surface area contributed by atoms with E-state index in [2.05, 4.69) is 59.9 Å². The first-order chi connectivity index (χ1) is 8.42. The zero-order valence-electron chi connectivity index (χ0n) is 9.89. The number of hydrogen-bond acceptors (Lipinski definition) is 1. The second kappa shape index (κ2) is 4.62. The molecule has 1 nitrogen and oxygen atoms in total. The van der Waals surface area contributed by atoms with Crippen LogP contribution in [-0.4, -0.2) is 6.04 Å². The highest BCUT2D eigenvalue weighted by Crippen LogP contribution is 2.23. The molecule has 17 heavy (non-hydrogen) atoms. The van der Waals surface area contributed by atoms with Crippen molar-refractivity contribution < 1.29 is 0 Å². The minimum absolute atomic E-state index is 0.576. The Morgan fingerprint density at radius 1 is 0.824 bits per heavy atom. The van der Waals surface area contributed by atoms with Crippen LogP contribution in [0.5, 0.6) is 0 Å². The van der Waals surface area contributed by atoms with Crippen molar-refractivity contribution in [3.8, 4) is 0 Å². The summed E-state index contributed by atoms with van der Waals surface area (Å²) in [6.45, 7) is 0. The SMILES string of the molecule is c1ccc(N[C@H]2CCc3ccccc3C2)cc1. The highest BCUT2D eigenvalue weighted by Gasteiger charge is 2.17. The minimum Gasteiger partial charge on any atom is -0.382 e. The van der Waals surface area contributed by atoms with Crippen LogP contribution in [0.1, 0.15) is 17.5 Å². The molecule has 1 heteroatoms. The Morgan fingerprint density at radius 3 is 2.35 bits per heavy atom. The number of aryl methyl sites for hydroxylation is 1. The van der Waals surface area contributed by atoms with Crippen LogP contribution in [-0.2, 0) is 12.8 Å². The standard InChI is InChI=1S/C16H17N/c1-2-8-15(9-3-1)17-16-11-10-13-6-4-5-7-14(13)12-16/h1-9,16-17H,10-12H2/t16-/m0/s1. The Balaban J connectivity index is 1.72. The summed E-state index contributed by atoms with van der Waals surface area (Å²) in [5.41, 5.74) is 4.27. The lowest BCUT2D eigenvalue weighted by Gasteiger charge is -2.26. The van der Waals surface area contributed by atoms with Gasteiger partial charge in [-0.25, -0.2) is 0 Å². The molecule has 2 aromatic rings. The van der Waals surface area contributed by atoms with Crippen LogP contribution in [0, 0.1) is 0 Å². The van der Waals surface area contributed by atoms with E-state index in [1.807, 2.05) is 0 Å². The maximum atomic E-state index is 3.62. The van der Waals surface area contributed by atoms with Crippen LogP contribution in [0.2, 0.25) is 0 Å². The summed E-state index contributed by atoms with van der Waals surface area (Å²) >= 11 is 0. The Labute approximate surface area is 102 Å². The Hall–Kier alpha value is -1.76. The van der Waals surface area contributed by atoms with Crippen LogP contribution in [0.3, 0.4) is 0 Å². The van der Waals surface area contributed by atoms with Gasteiger partial charge in [0, 0.05) is 11.7 Å². The molecule has 1 atom stereocenters. The third-order valence-corrected chi connectivity index (χ3v) is 3.49. The van der Waals surface area contributed by atoms with Crippen molar-refractivity contribution in [3.63, 3.8) is 0 Å². The summed E-state index contributed by atoms with van der Waals surface area (Å²) in [5.74, 6) is 0. The molecule has 0 bridgehead atoms. The predicted octanol–water partition coefficient (Wildman–Crippen LogP) is 3.66. The van der Waals surface area contributed by atoms with E-state index in [0.29, 0.717) is 6.04 Å². The number of hydrogen-bond donors (Lipinski definition) is 1. The van der Waals surface area contributed by atoms with Crippen LogP contribution >= 0.6 is 0 Å². The van der Waals surface area contributed by atoms with E-state index in [1.54, 1.807) is 0 Å². The molecule has 0 fully saturated rings. The van der Waals surface area contributed by atoms with Gasteiger partial charge in [-0.15, -0.1) is 0 Å². The molecule has 3 rings (SSSR count). The van der Waals surface area contributed by atoms with E-state index in [4.69, 9.17) is 0 Å². The van der Waals surface area contributed by atoms with E-state index >= 15 is 0 Å². The van der Waals surface area contributed by atoms with Crippen molar-refractivity contribution in [3.05, 3.63) is 65.7 Å². The normalized spacial score (nSPS) is 18.5. The van der Waals surface area contributed by atoms with Crippen LogP contribution in [0.4, 0.5) is 5.69 Å². The van der Waals surface area contributed by atoms with Crippen molar-refractivity contribution >= 4 is 5.69 Å². The number of nitrogens with one attached hydrogen (secondary N) is 1. The summed E-state index contributed by atoms with van der Waals surface area (Å²) in [5, 5.41) is 3.62. The smallest absolute Gasteiger partial charge is 0.0342 e. The minimum atomic E-state index is 0.576. The Bertz CT molecular complexity index is 490. The summed E-state index contributed by atoms with van der Waals surface area (Å²) < 4.78 is 0. The summed E-state index contributed by atoms with van der Waals surface area (Å²) in [6, 6.07) is 19.9. The molecule has 1 aliphatic rings. The summed E-state index contributed by atoms with van der Waals surface area (Å²) in [6.07, 6.45) is 3.57. The molecule has 1 aliphatic carbocycles. The molecule has 0 spiro atoms. The van der Waals surface area contributed by atoms with Crippen LogP contribution < -0.4 is 5.32 Å². The lowest BCUT2D eigenvalue weighted by atomic mass is 9.88. The zero-order chi connectivity index (χ0) is 11.5. The molecule has 0 heterocycles. The molecule has 0 saturated carbocycles. The van der Waals surface area contributed by atoms with Crippen molar-refractivity contribution in [1.29, 1.82) is 0 Å². The van der Waals surface area contributed by atoms with Gasteiger partial charge in [-0.2, -0.15) is 0 Å². The lowest BCUT2D eigenvalue weighted by Crippen LogP contribution is -2.27. The molecule has 0 unspecified atom stereocenters. The van der Waals surface area contributed by atoms with Gasteiger partial charge in [-0.3, -0.25) is 0 Å². The fraction of sp³-hybridized carbons (Fsp3) is 0.250. The van der Waals surface area contributed by atoms with Gasteiger partial charge in [0.05, 0.1) is 0 Å². The van der Waals surface area contributed by atoms with Crippen molar-refractivity contribution in [2.24, 2.45) is 0 Å². The van der Waals surface area contributed by atoms with Gasteiger partial charge in [-0.1, -0.05) is 42.5 Å². The van der Waals surface area contributed by atoms with Gasteiger partial charge in [0.25, 0.3) is 0 Å². The highest BCUT2D eigenvalue weighted by atomic mass is 14.9. The van der Waals surface area contributed by atoms with E-state index in [1.165, 1.54) is 29.7 Å². The molecular weight excluding hydrogens is 206 g/mol. The molecular formula is C16H17N. The average molecular weight is 223 g/mol. The Kier molecular flexibility index (Phi) is 2.83. The highest BCUT2D eigenvalue weighted by molar-refractivity contribution is 5.44. The third-order valence-electron chi connectivity index (χ3n) is 3.49. The van der Waals surface area contributed by atoms with Gasteiger partial charge in [0.2, 0.25) is 0 Å². The molecule has 86 valence electrons. The monoisotopic (exact) mass is 223 g/mol. The fourth-order valence-electron chi connectivity index (χ4n) is 2.59. The van der Waals surface area contributed by atoms with Crippen LogP contribution in [0.15, 0.2) is 54.6 Å². The van der Waals surface area contributed by atoms with Crippen molar-refractivity contribution in [2.75, 3.05) is 5.32 Å². The van der Waals surface area contributed by atoms with E-state index < -0.39 is 0 Å². The third kappa shape index (κ3) is 2.33. The molecule has 0 amide bonds. The average Bonchev–Trinajstić information content (AvgIpc) is 2.40. The number of para-hydroxylation sites is 1. The Morgan fingerprint density at radius 2 is 1.53 bits per heavy atom. The quantitative estimate of drug-likeness (QED) is 0.819. The number of fused-ring (bicyclic) bond motifs is 1. The summed E-state index contributed by atoms with van der Waals surface area (Å²) in [7, 11) is 0. The maximum Gasteiger partial charge on any atom is 0.0342 e. The van der Waals surface area contributed by atoms with Crippen molar-refractivity contribution in [2.45, 2.75) is 25.3 Å². The largest absolute Gasteiger partial charge is 0.382 e. The number of benzene rings is 2. The van der Waals surface area contributed by atoms with Gasteiger partial charge in [0.15, 0.2) is 0 Å². The summed E-state index contributed by atoms with van der Waals surface area (Å²) in [4.78, 5) is 0. The zero-order valence-corrected chi connectivity index (χ0v) is 9.89. The molecule has 0 aromatic heterocycles. The predicted molar refractivity (Wildman–Crippen MR) is 72.3 cm³/mol. The lowest BCUT2D eigenvalue weighted by molar-refractivity contribution is 0.611. The topological polar surface area (TPSA) is 12.0 Å². The van der Waals surface area contributed by atoms with Crippen LogP contribution in [0.25, 0.3) is 0 Å². The first-order valence-corrected chi connectivity index (χ1v) is 6.30. The van der Waals surface area contributed by atoms with Gasteiger partial charge >= 0.3 is 0 Å². The molecule has 0 saturated heterocycles. The van der Waals surface area contributed by atoms with E-state index in [0.717, 1.165) is 6.42 Å². The molecule has 1 N–H and O–H groups in total. The maximum absolute atomic E-state index is 3.62. The van der Waals surface area contributed by atoms with Gasteiger partial charge in [-0.05, 0) is 42.5 Å². The molecule has 0 radical (unpaired) electrons. The second-order valence-corrected chi connectivity index (χ2v) is 4.72. The fourth-order valence-corrected chi connectivity index (χ4v) is 2.59. The van der Waals surface area contributed by atoms with Gasteiger partial charge in [0.1, 0.15) is 0 Å².